The van der Waals surface area contributed by atoms with E-state index in [0.717, 1.165) is 16.1 Å². The lowest BCUT2D eigenvalue weighted by molar-refractivity contribution is -0.115. The standard InChI is InChI=1S/C22H29N5O3S2/c1-7-27-19(12-30-17-10-9-13(3)11-18(17)29-8-2)25-26-22(27)32-16(6)20(28)24-21-23-14(4)15(5)31-21/h9-11,16H,7-8,12H2,1-6H3,(H,23,24,28). The molecule has 0 fully saturated rings. The van der Waals surface area contributed by atoms with Gasteiger partial charge in [0.2, 0.25) is 5.91 Å². The Morgan fingerprint density at radius 3 is 2.62 bits per heavy atom. The summed E-state index contributed by atoms with van der Waals surface area (Å²) < 4.78 is 13.6. The molecule has 2 heterocycles. The minimum atomic E-state index is -0.357. The van der Waals surface area contributed by atoms with E-state index in [1.165, 1.54) is 23.1 Å². The Kier molecular flexibility index (Phi) is 8.14. The van der Waals surface area contributed by atoms with Gasteiger partial charge in [0.05, 0.1) is 17.6 Å². The molecule has 3 rings (SSSR count). The predicted octanol–water partition coefficient (Wildman–Crippen LogP) is 4.78. The number of ether oxygens (including phenoxy) is 2. The highest BCUT2D eigenvalue weighted by Gasteiger charge is 2.21. The number of amides is 1. The Morgan fingerprint density at radius 2 is 1.97 bits per heavy atom. The van der Waals surface area contributed by atoms with Gasteiger partial charge in [0.25, 0.3) is 0 Å². The van der Waals surface area contributed by atoms with Crippen molar-refractivity contribution in [1.82, 2.24) is 19.7 Å². The fourth-order valence-electron chi connectivity index (χ4n) is 2.92. The van der Waals surface area contributed by atoms with Crippen LogP contribution in [0.5, 0.6) is 11.5 Å². The summed E-state index contributed by atoms with van der Waals surface area (Å²) in [4.78, 5) is 18.1. The van der Waals surface area contributed by atoms with Crippen molar-refractivity contribution < 1.29 is 14.3 Å². The third-order valence-electron chi connectivity index (χ3n) is 4.78. The maximum absolute atomic E-state index is 12.6. The zero-order valence-corrected chi connectivity index (χ0v) is 20.9. The second-order valence-corrected chi connectivity index (χ2v) is 9.74. The van der Waals surface area contributed by atoms with E-state index in [1.54, 1.807) is 0 Å². The molecule has 0 saturated carbocycles. The summed E-state index contributed by atoms with van der Waals surface area (Å²) >= 11 is 2.84. The van der Waals surface area contributed by atoms with Gasteiger partial charge in [-0.25, -0.2) is 4.98 Å². The topological polar surface area (TPSA) is 91.2 Å². The summed E-state index contributed by atoms with van der Waals surface area (Å²) in [7, 11) is 0. The van der Waals surface area contributed by atoms with Gasteiger partial charge in [-0.2, -0.15) is 0 Å². The lowest BCUT2D eigenvalue weighted by Gasteiger charge is -2.14. The number of nitrogens with zero attached hydrogens (tertiary/aromatic N) is 4. The zero-order valence-electron chi connectivity index (χ0n) is 19.3. The number of hydrogen-bond donors (Lipinski definition) is 1. The first-order valence-corrected chi connectivity index (χ1v) is 12.2. The summed E-state index contributed by atoms with van der Waals surface area (Å²) in [6.45, 7) is 13.2. The molecule has 2 aromatic heterocycles. The van der Waals surface area contributed by atoms with E-state index in [-0.39, 0.29) is 17.8 Å². The average molecular weight is 476 g/mol. The van der Waals surface area contributed by atoms with Crippen LogP contribution in [0.15, 0.2) is 23.4 Å². The first kappa shape index (κ1) is 24.1. The van der Waals surface area contributed by atoms with Crippen LogP contribution in [0.2, 0.25) is 0 Å². The summed E-state index contributed by atoms with van der Waals surface area (Å²) in [5.74, 6) is 1.95. The smallest absolute Gasteiger partial charge is 0.239 e. The molecule has 1 aromatic carbocycles. The van der Waals surface area contributed by atoms with Crippen molar-refractivity contribution in [2.24, 2.45) is 0 Å². The highest BCUT2D eigenvalue weighted by Crippen LogP contribution is 2.30. The van der Waals surface area contributed by atoms with Crippen LogP contribution in [0.3, 0.4) is 0 Å². The number of aromatic nitrogens is 4. The molecule has 3 aromatic rings. The molecule has 172 valence electrons. The lowest BCUT2D eigenvalue weighted by Crippen LogP contribution is -2.23. The van der Waals surface area contributed by atoms with Gasteiger partial charge in [-0.3, -0.25) is 4.79 Å². The van der Waals surface area contributed by atoms with Gasteiger partial charge in [-0.05, 0) is 59.2 Å². The van der Waals surface area contributed by atoms with Crippen LogP contribution in [0.1, 0.15) is 42.7 Å². The molecule has 10 heteroatoms. The summed E-state index contributed by atoms with van der Waals surface area (Å²) in [5.41, 5.74) is 2.04. The van der Waals surface area contributed by atoms with E-state index in [4.69, 9.17) is 9.47 Å². The van der Waals surface area contributed by atoms with Gasteiger partial charge in [0.1, 0.15) is 6.61 Å². The first-order chi connectivity index (χ1) is 15.3. The Bertz CT molecular complexity index is 1060. The van der Waals surface area contributed by atoms with Crippen LogP contribution in [0.4, 0.5) is 5.13 Å². The van der Waals surface area contributed by atoms with Crippen LogP contribution in [-0.4, -0.2) is 37.5 Å². The SMILES string of the molecule is CCOc1cc(C)ccc1OCc1nnc(SC(C)C(=O)Nc2nc(C)c(C)s2)n1CC. The number of benzene rings is 1. The molecule has 0 aliphatic carbocycles. The first-order valence-electron chi connectivity index (χ1n) is 10.5. The number of rotatable bonds is 10. The van der Waals surface area contributed by atoms with E-state index in [9.17, 15) is 4.79 Å². The molecule has 0 spiro atoms. The normalized spacial score (nSPS) is 11.9. The van der Waals surface area contributed by atoms with Crippen molar-refractivity contribution in [3.05, 3.63) is 40.2 Å². The minimum absolute atomic E-state index is 0.117. The molecule has 8 nitrogen and oxygen atoms in total. The van der Waals surface area contributed by atoms with Crippen LogP contribution in [0, 0.1) is 20.8 Å². The second kappa shape index (κ2) is 10.8. The molecule has 0 aliphatic rings. The highest BCUT2D eigenvalue weighted by molar-refractivity contribution is 8.00. The number of anilines is 1. The Balaban J connectivity index is 1.66. The Labute approximate surface area is 196 Å². The monoisotopic (exact) mass is 475 g/mol. The quantitative estimate of drug-likeness (QED) is 0.422. The molecule has 1 N–H and O–H groups in total. The fourth-order valence-corrected chi connectivity index (χ4v) is 4.67. The van der Waals surface area contributed by atoms with E-state index in [0.29, 0.717) is 40.8 Å². The summed E-state index contributed by atoms with van der Waals surface area (Å²) in [5, 5.41) is 12.4. The number of nitrogens with one attached hydrogen (secondary N) is 1. The number of hydrogen-bond acceptors (Lipinski definition) is 8. The molecule has 1 atom stereocenters. The van der Waals surface area contributed by atoms with Gasteiger partial charge in [0.15, 0.2) is 27.6 Å². The zero-order chi connectivity index (χ0) is 23.3. The third-order valence-corrected chi connectivity index (χ3v) is 6.84. The third kappa shape index (κ3) is 5.80. The second-order valence-electron chi connectivity index (χ2n) is 7.22. The number of thioether (sulfide) groups is 1. The van der Waals surface area contributed by atoms with Gasteiger partial charge < -0.3 is 19.4 Å². The number of aryl methyl sites for hydroxylation is 3. The minimum Gasteiger partial charge on any atom is -0.490 e. The van der Waals surface area contributed by atoms with E-state index >= 15 is 0 Å². The molecule has 32 heavy (non-hydrogen) atoms. The highest BCUT2D eigenvalue weighted by atomic mass is 32.2. The van der Waals surface area contributed by atoms with E-state index < -0.39 is 0 Å². The van der Waals surface area contributed by atoms with E-state index in [1.807, 2.05) is 64.3 Å². The van der Waals surface area contributed by atoms with Crippen LogP contribution < -0.4 is 14.8 Å². The lowest BCUT2D eigenvalue weighted by atomic mass is 10.2. The molecule has 0 aliphatic heterocycles. The van der Waals surface area contributed by atoms with Gasteiger partial charge >= 0.3 is 0 Å². The molecule has 1 unspecified atom stereocenters. The van der Waals surface area contributed by atoms with Crippen molar-refractivity contribution >= 4 is 34.1 Å². The number of thiazole rings is 1. The molecular formula is C22H29N5O3S2. The largest absolute Gasteiger partial charge is 0.490 e. The maximum Gasteiger partial charge on any atom is 0.239 e. The van der Waals surface area contributed by atoms with E-state index in [2.05, 4.69) is 20.5 Å². The van der Waals surface area contributed by atoms with Crippen molar-refractivity contribution in [2.45, 2.75) is 65.1 Å². The number of carbonyl (C=O) groups is 1. The van der Waals surface area contributed by atoms with Crippen molar-refractivity contribution in [2.75, 3.05) is 11.9 Å². The van der Waals surface area contributed by atoms with Gasteiger partial charge in [-0.15, -0.1) is 21.5 Å². The average Bonchev–Trinajstić information content (AvgIpc) is 3.29. The Morgan fingerprint density at radius 1 is 1.19 bits per heavy atom. The summed E-state index contributed by atoms with van der Waals surface area (Å²) in [6, 6.07) is 5.84. The van der Waals surface area contributed by atoms with Crippen LogP contribution in [0.25, 0.3) is 0 Å². The van der Waals surface area contributed by atoms with Crippen LogP contribution >= 0.6 is 23.1 Å². The van der Waals surface area contributed by atoms with Crippen molar-refractivity contribution in [3.8, 4) is 11.5 Å². The predicted molar refractivity (Wildman–Crippen MR) is 128 cm³/mol. The van der Waals surface area contributed by atoms with Crippen molar-refractivity contribution in [1.29, 1.82) is 0 Å². The van der Waals surface area contributed by atoms with Crippen molar-refractivity contribution in [3.63, 3.8) is 0 Å². The Hall–Kier alpha value is -2.59. The maximum atomic E-state index is 12.6. The molecule has 1 amide bonds. The van der Waals surface area contributed by atoms with Gasteiger partial charge in [0, 0.05) is 11.4 Å². The molecular weight excluding hydrogens is 446 g/mol. The molecule has 0 radical (unpaired) electrons. The number of carbonyl (C=O) groups excluding carboxylic acids is 1. The fraction of sp³-hybridized carbons (Fsp3) is 0.455. The molecule has 0 saturated heterocycles. The molecule has 0 bridgehead atoms. The van der Waals surface area contributed by atoms with Gasteiger partial charge in [-0.1, -0.05) is 17.8 Å². The van der Waals surface area contributed by atoms with Crippen LogP contribution in [-0.2, 0) is 17.9 Å². The summed E-state index contributed by atoms with van der Waals surface area (Å²) in [6.07, 6.45) is 0.